The summed E-state index contributed by atoms with van der Waals surface area (Å²) < 4.78 is 33.6. The fourth-order valence-corrected chi connectivity index (χ4v) is 5.16. The number of aromatic nitrogens is 1. The van der Waals surface area contributed by atoms with Crippen LogP contribution in [0.25, 0.3) is 10.9 Å². The number of phenols is 2. The summed E-state index contributed by atoms with van der Waals surface area (Å²) in [5.41, 5.74) is 4.53. The lowest BCUT2D eigenvalue weighted by atomic mass is 9.83. The van der Waals surface area contributed by atoms with Crippen LogP contribution in [-0.4, -0.2) is 96.7 Å². The third kappa shape index (κ3) is 7.68. The molecule has 0 atom stereocenters. The normalized spacial score (nSPS) is 13.8. The number of nitrogens with zero attached hydrogens (tertiary/aromatic N) is 3. The van der Waals surface area contributed by atoms with Crippen molar-refractivity contribution in [3.8, 4) is 11.5 Å². The number of hydrogen-bond donors (Lipinski definition) is 3. The van der Waals surface area contributed by atoms with Gasteiger partial charge in [0.25, 0.3) is 16.0 Å². The van der Waals surface area contributed by atoms with Crippen LogP contribution < -0.4 is 0 Å². The largest absolute Gasteiger partial charge is 0.508 e. The fourth-order valence-electron chi connectivity index (χ4n) is 5.16. The van der Waals surface area contributed by atoms with E-state index in [1.165, 1.54) is 0 Å². The molecule has 0 spiro atoms. The number of carbonyl (C=O) groups excluding carboxylic acids is 1. The van der Waals surface area contributed by atoms with E-state index in [1.54, 1.807) is 24.3 Å². The Kier molecular flexibility index (Phi) is 9.89. The lowest BCUT2D eigenvalue weighted by Crippen LogP contribution is -2.42. The van der Waals surface area contributed by atoms with Crippen molar-refractivity contribution in [3.63, 3.8) is 0 Å². The molecule has 10 nitrogen and oxygen atoms in total. The zero-order valence-corrected chi connectivity index (χ0v) is 24.8. The Morgan fingerprint density at radius 2 is 1.40 bits per heavy atom. The summed E-state index contributed by atoms with van der Waals surface area (Å²) in [7, 11) is 0.400. The van der Waals surface area contributed by atoms with Gasteiger partial charge in [-0.25, -0.2) is 0 Å². The van der Waals surface area contributed by atoms with Crippen LogP contribution >= 0.6 is 0 Å². The van der Waals surface area contributed by atoms with E-state index in [2.05, 4.69) is 21.6 Å². The third-order valence-corrected chi connectivity index (χ3v) is 7.02. The Morgan fingerprint density at radius 1 is 0.905 bits per heavy atom. The Hall–Kier alpha value is -3.90. The minimum absolute atomic E-state index is 0.00388. The zero-order chi connectivity index (χ0) is 30.4. The predicted octanol–water partition coefficient (Wildman–Crippen LogP) is 3.77. The zero-order valence-electron chi connectivity index (χ0n) is 24.0. The van der Waals surface area contributed by atoms with E-state index in [0.29, 0.717) is 44.8 Å². The van der Waals surface area contributed by atoms with Gasteiger partial charge >= 0.3 is 0 Å². The second-order valence-electron chi connectivity index (χ2n) is 10.5. The van der Waals surface area contributed by atoms with Gasteiger partial charge in [-0.2, -0.15) is 8.42 Å². The van der Waals surface area contributed by atoms with Gasteiger partial charge < -0.3 is 29.3 Å². The van der Waals surface area contributed by atoms with Gasteiger partial charge in [0.2, 0.25) is 0 Å². The number of hydrogen-bond acceptors (Lipinski definition) is 7. The Labute approximate surface area is 246 Å². The van der Waals surface area contributed by atoms with Gasteiger partial charge in [0.15, 0.2) is 0 Å². The second kappa shape index (κ2) is 13.4. The van der Waals surface area contributed by atoms with E-state index in [9.17, 15) is 23.4 Å². The van der Waals surface area contributed by atoms with Crippen molar-refractivity contribution in [2.75, 3.05) is 53.2 Å². The predicted molar refractivity (Wildman–Crippen MR) is 162 cm³/mol. The molecule has 2 heterocycles. The number of likely N-dealkylation sites (N-methyl/N-ethyl adjacent to an activating group) is 1. The van der Waals surface area contributed by atoms with Crippen LogP contribution in [-0.2, 0) is 21.4 Å². The maximum Gasteiger partial charge on any atom is 0.270 e. The van der Waals surface area contributed by atoms with Gasteiger partial charge in [-0.1, -0.05) is 42.5 Å². The molecule has 224 valence electrons. The highest BCUT2D eigenvalue weighted by atomic mass is 32.2. The van der Waals surface area contributed by atoms with Crippen LogP contribution in [0.15, 0.2) is 72.8 Å². The molecule has 11 heteroatoms. The first-order valence-electron chi connectivity index (χ1n) is 13.6. The number of aromatic hydroxyl groups is 2. The number of rotatable bonds is 7. The number of para-hydroxylation sites is 1. The van der Waals surface area contributed by atoms with Gasteiger partial charge in [0.1, 0.15) is 17.2 Å². The van der Waals surface area contributed by atoms with Crippen molar-refractivity contribution < 1.29 is 32.7 Å². The summed E-state index contributed by atoms with van der Waals surface area (Å²) in [6, 6.07) is 22.5. The number of fused-ring (bicyclic) bond motifs is 1. The van der Waals surface area contributed by atoms with Crippen LogP contribution in [0.2, 0.25) is 0 Å². The molecule has 1 fully saturated rings. The van der Waals surface area contributed by atoms with Gasteiger partial charge in [0.05, 0.1) is 19.5 Å². The van der Waals surface area contributed by atoms with E-state index in [-0.39, 0.29) is 23.3 Å². The number of carbonyl (C=O) groups is 1. The van der Waals surface area contributed by atoms with Crippen LogP contribution in [0, 0.1) is 0 Å². The number of benzene rings is 3. The molecule has 1 aliphatic rings. The molecule has 0 bridgehead atoms. The molecule has 0 saturated carbocycles. The quantitative estimate of drug-likeness (QED) is 0.275. The number of amides is 1. The molecular weight excluding hydrogens is 558 g/mol. The smallest absolute Gasteiger partial charge is 0.270 e. The summed E-state index contributed by atoms with van der Waals surface area (Å²) in [6.07, 6.45) is 0.715. The average molecular weight is 596 g/mol. The van der Waals surface area contributed by atoms with Crippen molar-refractivity contribution in [1.29, 1.82) is 0 Å². The summed E-state index contributed by atoms with van der Waals surface area (Å²) in [5.74, 6) is 0.0833. The Balaban J connectivity index is 0.000000748. The first-order chi connectivity index (χ1) is 19.9. The lowest BCUT2D eigenvalue weighted by Gasteiger charge is -2.29. The van der Waals surface area contributed by atoms with Crippen LogP contribution in [0.3, 0.4) is 0 Å². The minimum Gasteiger partial charge on any atom is -0.508 e. The topological polar surface area (TPSA) is 133 Å². The van der Waals surface area contributed by atoms with Crippen molar-refractivity contribution in [2.24, 2.45) is 0 Å². The van der Waals surface area contributed by atoms with Crippen molar-refractivity contribution in [3.05, 3.63) is 95.2 Å². The van der Waals surface area contributed by atoms with E-state index in [4.69, 9.17) is 9.29 Å². The summed E-state index contributed by atoms with van der Waals surface area (Å²) in [5, 5.41) is 21.0. The number of morpholine rings is 1. The molecule has 42 heavy (non-hydrogen) atoms. The molecule has 1 saturated heterocycles. The van der Waals surface area contributed by atoms with Gasteiger partial charge in [-0.15, -0.1) is 0 Å². The molecule has 4 aromatic rings. The first-order valence-corrected chi connectivity index (χ1v) is 15.4. The lowest BCUT2D eigenvalue weighted by molar-refractivity contribution is 0.0295. The SMILES string of the molecule is CN(C)CCn1c(C(=O)N2CCOCC2)c(C(c2ccc(O)cc2)c2ccc(O)cc2)c2ccccc21.CS(=O)(=O)O. The molecule has 3 N–H and O–H groups in total. The summed E-state index contributed by atoms with van der Waals surface area (Å²) in [6.45, 7) is 3.60. The van der Waals surface area contributed by atoms with Crippen LogP contribution in [0.4, 0.5) is 0 Å². The van der Waals surface area contributed by atoms with Gasteiger partial charge in [-0.3, -0.25) is 9.35 Å². The van der Waals surface area contributed by atoms with E-state index in [1.807, 2.05) is 55.4 Å². The molecule has 5 rings (SSSR count). The van der Waals surface area contributed by atoms with Gasteiger partial charge in [-0.05, 0) is 55.6 Å². The summed E-state index contributed by atoms with van der Waals surface area (Å²) >= 11 is 0. The highest BCUT2D eigenvalue weighted by Gasteiger charge is 2.32. The second-order valence-corrected chi connectivity index (χ2v) is 12.0. The van der Waals surface area contributed by atoms with Crippen molar-refractivity contribution in [1.82, 2.24) is 14.4 Å². The maximum atomic E-state index is 14.3. The van der Waals surface area contributed by atoms with E-state index in [0.717, 1.165) is 34.1 Å². The standard InChI is InChI=1S/C30H33N3O4.CH4O3S/c1-31(2)15-16-33-26-6-4-3-5-25(26)28(29(33)30(36)32-17-19-37-20-18-32)27(21-7-11-23(34)12-8-21)22-9-13-24(35)14-10-22;1-5(2,3)4/h3-14,27,34-35H,15-20H2,1-2H3;1H3,(H,2,3,4). The fraction of sp³-hybridized carbons (Fsp3) is 0.323. The van der Waals surface area contributed by atoms with Gasteiger partial charge in [0, 0.05) is 48.6 Å². The summed E-state index contributed by atoms with van der Waals surface area (Å²) in [4.78, 5) is 18.3. The molecule has 1 aromatic heterocycles. The molecule has 0 aliphatic carbocycles. The Morgan fingerprint density at radius 3 is 1.90 bits per heavy atom. The minimum atomic E-state index is -3.67. The molecule has 0 radical (unpaired) electrons. The number of phenolic OH excluding ortho intramolecular Hbond substituents is 2. The molecule has 1 aliphatic heterocycles. The number of ether oxygens (including phenoxy) is 1. The molecule has 3 aromatic carbocycles. The van der Waals surface area contributed by atoms with Crippen LogP contribution in [0.5, 0.6) is 11.5 Å². The van der Waals surface area contributed by atoms with E-state index >= 15 is 0 Å². The highest BCUT2D eigenvalue weighted by Crippen LogP contribution is 2.41. The van der Waals surface area contributed by atoms with E-state index < -0.39 is 10.1 Å². The van der Waals surface area contributed by atoms with Crippen molar-refractivity contribution in [2.45, 2.75) is 12.5 Å². The molecular formula is C31H37N3O7S. The first kappa shape index (κ1) is 31.0. The average Bonchev–Trinajstić information content (AvgIpc) is 3.27. The maximum absolute atomic E-state index is 14.3. The monoisotopic (exact) mass is 595 g/mol. The highest BCUT2D eigenvalue weighted by molar-refractivity contribution is 7.85. The van der Waals surface area contributed by atoms with Crippen LogP contribution in [0.1, 0.15) is 33.1 Å². The van der Waals surface area contributed by atoms with Crippen molar-refractivity contribution >= 4 is 26.9 Å². The Bertz CT molecular complexity index is 1560. The molecule has 0 unspecified atom stereocenters. The third-order valence-electron chi connectivity index (χ3n) is 7.02. The molecule has 1 amide bonds.